The molecule has 0 atom stereocenters. The van der Waals surface area contributed by atoms with Crippen molar-refractivity contribution in [1.29, 1.82) is 0 Å². The van der Waals surface area contributed by atoms with Gasteiger partial charge in [-0.25, -0.2) is 4.79 Å². The van der Waals surface area contributed by atoms with E-state index in [9.17, 15) is 20.0 Å². The minimum absolute atomic E-state index is 0.116. The van der Waals surface area contributed by atoms with Crippen molar-refractivity contribution in [1.82, 2.24) is 0 Å². The van der Waals surface area contributed by atoms with Crippen molar-refractivity contribution >= 4 is 23.0 Å². The second-order valence-electron chi connectivity index (χ2n) is 5.25. The summed E-state index contributed by atoms with van der Waals surface area (Å²) in [6.45, 7) is 0. The van der Waals surface area contributed by atoms with E-state index in [1.165, 1.54) is 23.3 Å². The van der Waals surface area contributed by atoms with Crippen LogP contribution < -0.4 is 5.32 Å². The van der Waals surface area contributed by atoms with Gasteiger partial charge in [-0.3, -0.25) is 10.1 Å². The van der Waals surface area contributed by atoms with Gasteiger partial charge >= 0.3 is 5.97 Å². The molecule has 2 N–H and O–H groups in total. The third-order valence-corrected chi connectivity index (χ3v) is 3.82. The summed E-state index contributed by atoms with van der Waals surface area (Å²) in [6, 6.07) is 9.73. The van der Waals surface area contributed by atoms with Gasteiger partial charge in [0.25, 0.3) is 5.69 Å². The number of aromatic carboxylic acids is 1. The van der Waals surface area contributed by atoms with E-state index in [-0.39, 0.29) is 11.3 Å². The van der Waals surface area contributed by atoms with Crippen LogP contribution in [0.4, 0.5) is 17.1 Å². The Bertz CT molecular complexity index is 771. The number of carbonyl (C=O) groups is 1. The van der Waals surface area contributed by atoms with Crippen molar-refractivity contribution in [3.8, 4) is 0 Å². The number of hydrogen-bond acceptors (Lipinski definition) is 4. The third kappa shape index (κ3) is 2.63. The van der Waals surface area contributed by atoms with Gasteiger partial charge in [0.1, 0.15) is 0 Å². The highest BCUT2D eigenvalue weighted by atomic mass is 16.6. The SMILES string of the molecule is O=C(O)c1cc([N+](=O)[O-])ccc1Nc1ccc2c(c1)CCC2. The van der Waals surface area contributed by atoms with Crippen LogP contribution in [-0.2, 0) is 12.8 Å². The molecule has 0 bridgehead atoms. The van der Waals surface area contributed by atoms with Crippen molar-refractivity contribution in [3.63, 3.8) is 0 Å². The van der Waals surface area contributed by atoms with Gasteiger partial charge in [0, 0.05) is 17.8 Å². The molecule has 2 aromatic rings. The molecule has 0 radical (unpaired) electrons. The molecule has 0 amide bonds. The lowest BCUT2D eigenvalue weighted by atomic mass is 10.1. The molecule has 112 valence electrons. The Labute approximate surface area is 126 Å². The van der Waals surface area contributed by atoms with Gasteiger partial charge in [-0.2, -0.15) is 0 Å². The summed E-state index contributed by atoms with van der Waals surface area (Å²) in [5.74, 6) is -1.20. The summed E-state index contributed by atoms with van der Waals surface area (Å²) in [5.41, 5.74) is 3.37. The first-order chi connectivity index (χ1) is 10.5. The number of fused-ring (bicyclic) bond motifs is 1. The van der Waals surface area contributed by atoms with Crippen molar-refractivity contribution in [3.05, 3.63) is 63.2 Å². The van der Waals surface area contributed by atoms with Gasteiger partial charge in [-0.1, -0.05) is 6.07 Å². The first kappa shape index (κ1) is 14.1. The van der Waals surface area contributed by atoms with Gasteiger partial charge in [0.15, 0.2) is 0 Å². The van der Waals surface area contributed by atoms with E-state index in [0.29, 0.717) is 5.69 Å². The number of rotatable bonds is 4. The highest BCUT2D eigenvalue weighted by molar-refractivity contribution is 5.96. The molecule has 0 aromatic heterocycles. The van der Waals surface area contributed by atoms with E-state index < -0.39 is 10.9 Å². The minimum atomic E-state index is -1.20. The summed E-state index contributed by atoms with van der Waals surface area (Å²) in [5, 5.41) is 23.1. The van der Waals surface area contributed by atoms with Crippen LogP contribution in [0.25, 0.3) is 0 Å². The molecule has 6 nitrogen and oxygen atoms in total. The Morgan fingerprint density at radius 3 is 2.64 bits per heavy atom. The minimum Gasteiger partial charge on any atom is -0.478 e. The van der Waals surface area contributed by atoms with E-state index in [0.717, 1.165) is 31.0 Å². The fraction of sp³-hybridized carbons (Fsp3) is 0.188. The maximum Gasteiger partial charge on any atom is 0.338 e. The molecule has 0 saturated carbocycles. The molecular formula is C16H14N2O4. The van der Waals surface area contributed by atoms with Crippen molar-refractivity contribution < 1.29 is 14.8 Å². The molecule has 0 unspecified atom stereocenters. The lowest BCUT2D eigenvalue weighted by molar-refractivity contribution is -0.384. The molecule has 22 heavy (non-hydrogen) atoms. The van der Waals surface area contributed by atoms with Crippen LogP contribution in [0.2, 0.25) is 0 Å². The molecule has 6 heteroatoms. The highest BCUT2D eigenvalue weighted by Crippen LogP contribution is 2.29. The number of anilines is 2. The Hall–Kier alpha value is -2.89. The van der Waals surface area contributed by atoms with Crippen LogP contribution in [0, 0.1) is 10.1 Å². The summed E-state index contributed by atoms with van der Waals surface area (Å²) in [7, 11) is 0. The molecule has 1 aliphatic carbocycles. The largest absolute Gasteiger partial charge is 0.478 e. The van der Waals surface area contributed by atoms with E-state index in [2.05, 4.69) is 5.32 Å². The van der Waals surface area contributed by atoms with Gasteiger partial charge in [-0.05, 0) is 48.6 Å². The lowest BCUT2D eigenvalue weighted by Crippen LogP contribution is -2.04. The Morgan fingerprint density at radius 2 is 1.91 bits per heavy atom. The molecule has 3 rings (SSSR count). The topological polar surface area (TPSA) is 92.5 Å². The fourth-order valence-electron chi connectivity index (χ4n) is 2.74. The number of non-ortho nitro benzene ring substituents is 1. The zero-order valence-electron chi connectivity index (χ0n) is 11.7. The second-order valence-corrected chi connectivity index (χ2v) is 5.25. The number of benzene rings is 2. The average molecular weight is 298 g/mol. The Kier molecular flexibility index (Phi) is 3.50. The zero-order chi connectivity index (χ0) is 15.7. The van der Waals surface area contributed by atoms with Crippen LogP contribution in [0.15, 0.2) is 36.4 Å². The van der Waals surface area contributed by atoms with Crippen molar-refractivity contribution in [2.24, 2.45) is 0 Å². The molecule has 0 fully saturated rings. The first-order valence-corrected chi connectivity index (χ1v) is 6.95. The summed E-state index contributed by atoms with van der Waals surface area (Å²) < 4.78 is 0. The molecule has 0 heterocycles. The normalized spacial score (nSPS) is 12.7. The number of nitro groups is 1. The molecule has 1 aliphatic rings. The van der Waals surface area contributed by atoms with Crippen molar-refractivity contribution in [2.45, 2.75) is 19.3 Å². The summed E-state index contributed by atoms with van der Waals surface area (Å²) in [6.07, 6.45) is 3.24. The predicted molar refractivity (Wildman–Crippen MR) is 81.8 cm³/mol. The van der Waals surface area contributed by atoms with Crippen LogP contribution >= 0.6 is 0 Å². The number of hydrogen-bond donors (Lipinski definition) is 2. The van der Waals surface area contributed by atoms with Crippen LogP contribution in [0.5, 0.6) is 0 Å². The quantitative estimate of drug-likeness (QED) is 0.665. The Balaban J connectivity index is 1.94. The van der Waals surface area contributed by atoms with Gasteiger partial charge < -0.3 is 10.4 Å². The highest BCUT2D eigenvalue weighted by Gasteiger charge is 2.17. The molecular weight excluding hydrogens is 284 g/mol. The van der Waals surface area contributed by atoms with Crippen LogP contribution in [-0.4, -0.2) is 16.0 Å². The van der Waals surface area contributed by atoms with Gasteiger partial charge in [-0.15, -0.1) is 0 Å². The number of nitrogens with zero attached hydrogens (tertiary/aromatic N) is 1. The first-order valence-electron chi connectivity index (χ1n) is 6.95. The zero-order valence-corrected chi connectivity index (χ0v) is 11.7. The van der Waals surface area contributed by atoms with Gasteiger partial charge in [0.05, 0.1) is 16.2 Å². The summed E-state index contributed by atoms with van der Waals surface area (Å²) in [4.78, 5) is 21.5. The lowest BCUT2D eigenvalue weighted by Gasteiger charge is -2.11. The molecule has 0 aliphatic heterocycles. The molecule has 2 aromatic carbocycles. The van der Waals surface area contributed by atoms with Gasteiger partial charge in [0.2, 0.25) is 0 Å². The maximum atomic E-state index is 11.3. The Morgan fingerprint density at radius 1 is 1.14 bits per heavy atom. The molecule has 0 saturated heterocycles. The smallest absolute Gasteiger partial charge is 0.338 e. The van der Waals surface area contributed by atoms with E-state index in [1.54, 1.807) is 0 Å². The fourth-order valence-corrected chi connectivity index (χ4v) is 2.74. The average Bonchev–Trinajstić information content (AvgIpc) is 2.94. The summed E-state index contributed by atoms with van der Waals surface area (Å²) >= 11 is 0. The van der Waals surface area contributed by atoms with Crippen molar-refractivity contribution in [2.75, 3.05) is 5.32 Å². The number of carboxylic acid groups (broad SMARTS) is 1. The monoisotopic (exact) mass is 298 g/mol. The van der Waals surface area contributed by atoms with E-state index in [4.69, 9.17) is 0 Å². The van der Waals surface area contributed by atoms with Crippen LogP contribution in [0.3, 0.4) is 0 Å². The number of nitrogens with one attached hydrogen (secondary N) is 1. The number of carboxylic acids is 1. The third-order valence-electron chi connectivity index (χ3n) is 3.82. The second kappa shape index (κ2) is 5.48. The maximum absolute atomic E-state index is 11.3. The number of nitro benzene ring substituents is 1. The number of aryl methyl sites for hydroxylation is 2. The van der Waals surface area contributed by atoms with Crippen LogP contribution in [0.1, 0.15) is 27.9 Å². The van der Waals surface area contributed by atoms with E-state index >= 15 is 0 Å². The molecule has 0 spiro atoms. The predicted octanol–water partition coefficient (Wildman–Crippen LogP) is 3.53. The van der Waals surface area contributed by atoms with E-state index in [1.807, 2.05) is 18.2 Å². The standard InChI is InChI=1S/C16H14N2O4/c19-16(20)14-9-13(18(21)22)6-7-15(14)17-12-5-4-10-2-1-3-11(10)8-12/h4-9,17H,1-3H2,(H,19,20).